The van der Waals surface area contributed by atoms with E-state index in [1.54, 1.807) is 0 Å². The van der Waals surface area contributed by atoms with Gasteiger partial charge in [0, 0.05) is 22.1 Å². The number of alkyl halides is 1. The number of pyridine rings is 1. The highest BCUT2D eigenvalue weighted by Gasteiger charge is 2.10. The normalized spacial score (nSPS) is 10.5. The van der Waals surface area contributed by atoms with Crippen molar-refractivity contribution in [2.45, 2.75) is 6.92 Å². The number of carbonyl (C=O) groups excluding carboxylic acids is 1. The van der Waals surface area contributed by atoms with Crippen molar-refractivity contribution < 1.29 is 4.79 Å². The topological polar surface area (TPSA) is 42.0 Å². The number of nitrogens with one attached hydrogen (secondary N) is 1. The molecule has 0 aliphatic carbocycles. The third-order valence-corrected chi connectivity index (χ3v) is 3.01. The van der Waals surface area contributed by atoms with Gasteiger partial charge in [-0.05, 0) is 19.1 Å². The minimum atomic E-state index is -0.0247. The molecule has 1 amide bonds. The van der Waals surface area contributed by atoms with Gasteiger partial charge >= 0.3 is 0 Å². The molecule has 1 aromatic heterocycles. The average molecular weight is 340 g/mol. The average Bonchev–Trinajstić information content (AvgIpc) is 2.34. The molecule has 0 unspecified atom stereocenters. The van der Waals surface area contributed by atoms with Crippen molar-refractivity contribution in [3.63, 3.8) is 0 Å². The van der Waals surface area contributed by atoms with Crippen LogP contribution in [0.5, 0.6) is 0 Å². The fourth-order valence-electron chi connectivity index (χ4n) is 1.75. The molecule has 0 spiro atoms. The summed E-state index contributed by atoms with van der Waals surface area (Å²) >= 11 is 2.24. The number of hydrogen-bond donors (Lipinski definition) is 1. The molecule has 1 aromatic carbocycles. The van der Waals surface area contributed by atoms with Gasteiger partial charge in [0.15, 0.2) is 0 Å². The predicted molar refractivity (Wildman–Crippen MR) is 77.7 cm³/mol. The Morgan fingerprint density at radius 2 is 2.18 bits per heavy atom. The summed E-state index contributed by atoms with van der Waals surface area (Å²) in [6, 6.07) is 9.55. The number of aryl methyl sites for hydroxylation is 1. The van der Waals surface area contributed by atoms with Gasteiger partial charge in [-0.2, -0.15) is 0 Å². The number of rotatable bonds is 3. The summed E-state index contributed by atoms with van der Waals surface area (Å²) < 4.78 is 0.908. The van der Waals surface area contributed by atoms with E-state index in [9.17, 15) is 4.79 Å². The number of carbonyl (C=O) groups is 1. The van der Waals surface area contributed by atoms with Gasteiger partial charge in [0.25, 0.3) is 5.91 Å². The number of para-hydroxylation sites is 1. The van der Waals surface area contributed by atoms with Crippen molar-refractivity contribution in [3.05, 3.63) is 41.6 Å². The molecule has 2 rings (SSSR count). The van der Waals surface area contributed by atoms with Crippen LogP contribution in [-0.4, -0.2) is 21.9 Å². The fraction of sp³-hybridized carbons (Fsp3) is 0.231. The lowest BCUT2D eigenvalue weighted by Crippen LogP contribution is -2.25. The lowest BCUT2D eigenvalue weighted by atomic mass is 10.1. The molecule has 0 aliphatic heterocycles. The molecule has 17 heavy (non-hydrogen) atoms. The molecular formula is C13H13IN2O. The molecule has 0 aliphatic rings. The number of aromatic nitrogens is 1. The standard InChI is InChI=1S/C13H13IN2O/c1-9-8-11(13(17)15-7-6-14)10-4-2-3-5-12(10)16-9/h2-5,8H,6-7H2,1H3,(H,15,17). The van der Waals surface area contributed by atoms with Crippen LogP contribution in [0, 0.1) is 6.92 Å². The summed E-state index contributed by atoms with van der Waals surface area (Å²) in [4.78, 5) is 16.4. The smallest absolute Gasteiger partial charge is 0.252 e. The van der Waals surface area contributed by atoms with Crippen LogP contribution in [0.25, 0.3) is 10.9 Å². The van der Waals surface area contributed by atoms with E-state index in [1.165, 1.54) is 0 Å². The summed E-state index contributed by atoms with van der Waals surface area (Å²) in [7, 11) is 0. The van der Waals surface area contributed by atoms with Crippen molar-refractivity contribution in [1.29, 1.82) is 0 Å². The Bertz CT molecular complexity index is 554. The van der Waals surface area contributed by atoms with Gasteiger partial charge < -0.3 is 5.32 Å². The predicted octanol–water partition coefficient (Wildman–Crippen LogP) is 2.71. The van der Waals surface area contributed by atoms with Crippen molar-refractivity contribution >= 4 is 39.4 Å². The Balaban J connectivity index is 2.48. The van der Waals surface area contributed by atoms with Crippen LogP contribution in [0.15, 0.2) is 30.3 Å². The molecular weight excluding hydrogens is 327 g/mol. The number of nitrogens with zero attached hydrogens (tertiary/aromatic N) is 1. The second-order valence-corrected chi connectivity index (χ2v) is 4.85. The van der Waals surface area contributed by atoms with Crippen LogP contribution in [0.3, 0.4) is 0 Å². The number of benzene rings is 1. The zero-order valence-electron chi connectivity index (χ0n) is 9.53. The molecule has 2 aromatic rings. The minimum Gasteiger partial charge on any atom is -0.351 e. The monoisotopic (exact) mass is 340 g/mol. The van der Waals surface area contributed by atoms with Crippen LogP contribution in [0.4, 0.5) is 0 Å². The van der Waals surface area contributed by atoms with E-state index < -0.39 is 0 Å². The molecule has 1 N–H and O–H groups in total. The lowest BCUT2D eigenvalue weighted by molar-refractivity contribution is 0.0958. The molecule has 0 bridgehead atoms. The molecule has 88 valence electrons. The highest BCUT2D eigenvalue weighted by molar-refractivity contribution is 14.1. The summed E-state index contributed by atoms with van der Waals surface area (Å²) in [5.41, 5.74) is 2.44. The number of halogens is 1. The Morgan fingerprint density at radius 1 is 1.41 bits per heavy atom. The molecule has 0 saturated carbocycles. The molecule has 3 nitrogen and oxygen atoms in total. The van der Waals surface area contributed by atoms with Crippen molar-refractivity contribution in [1.82, 2.24) is 10.3 Å². The van der Waals surface area contributed by atoms with Gasteiger partial charge in [0.2, 0.25) is 0 Å². The summed E-state index contributed by atoms with van der Waals surface area (Å²) in [6.45, 7) is 2.59. The van der Waals surface area contributed by atoms with Crippen LogP contribution in [-0.2, 0) is 0 Å². The third kappa shape index (κ3) is 2.74. The fourth-order valence-corrected chi connectivity index (χ4v) is 2.02. The molecule has 0 atom stereocenters. The number of fused-ring (bicyclic) bond motifs is 1. The Hall–Kier alpha value is -1.17. The lowest BCUT2D eigenvalue weighted by Gasteiger charge is -2.07. The van der Waals surface area contributed by atoms with E-state index in [-0.39, 0.29) is 5.91 Å². The van der Waals surface area contributed by atoms with Crippen molar-refractivity contribution in [2.24, 2.45) is 0 Å². The quantitative estimate of drug-likeness (QED) is 0.690. The maximum Gasteiger partial charge on any atom is 0.252 e. The minimum absolute atomic E-state index is 0.0247. The van der Waals surface area contributed by atoms with E-state index >= 15 is 0 Å². The van der Waals surface area contributed by atoms with Gasteiger partial charge in [0.05, 0.1) is 11.1 Å². The molecule has 0 radical (unpaired) electrons. The van der Waals surface area contributed by atoms with Gasteiger partial charge in [-0.15, -0.1) is 0 Å². The molecule has 1 heterocycles. The highest BCUT2D eigenvalue weighted by atomic mass is 127. The summed E-state index contributed by atoms with van der Waals surface area (Å²) in [6.07, 6.45) is 0. The second kappa shape index (κ2) is 5.44. The first-order chi connectivity index (χ1) is 8.22. The van der Waals surface area contributed by atoms with E-state index in [1.807, 2.05) is 37.3 Å². The third-order valence-electron chi connectivity index (χ3n) is 2.47. The number of amides is 1. The zero-order chi connectivity index (χ0) is 12.3. The molecule has 4 heteroatoms. The van der Waals surface area contributed by atoms with Crippen LogP contribution >= 0.6 is 22.6 Å². The van der Waals surface area contributed by atoms with E-state index in [4.69, 9.17) is 0 Å². The van der Waals surface area contributed by atoms with Crippen LogP contribution in [0.1, 0.15) is 16.1 Å². The summed E-state index contributed by atoms with van der Waals surface area (Å²) in [5.74, 6) is -0.0247. The largest absolute Gasteiger partial charge is 0.351 e. The molecule has 0 fully saturated rings. The van der Waals surface area contributed by atoms with E-state index in [2.05, 4.69) is 32.9 Å². The SMILES string of the molecule is Cc1cc(C(=O)NCCI)c2ccccc2n1. The first kappa shape index (κ1) is 12.3. The Labute approximate surface area is 114 Å². The van der Waals surface area contributed by atoms with Crippen molar-refractivity contribution in [3.8, 4) is 0 Å². The number of hydrogen-bond acceptors (Lipinski definition) is 2. The Morgan fingerprint density at radius 3 is 2.94 bits per heavy atom. The first-order valence-corrected chi connectivity index (χ1v) is 6.95. The maximum absolute atomic E-state index is 12.0. The van der Waals surface area contributed by atoms with E-state index in [0.29, 0.717) is 12.1 Å². The van der Waals surface area contributed by atoms with Gasteiger partial charge in [-0.1, -0.05) is 40.8 Å². The van der Waals surface area contributed by atoms with E-state index in [0.717, 1.165) is 21.0 Å². The van der Waals surface area contributed by atoms with Gasteiger partial charge in [0.1, 0.15) is 0 Å². The van der Waals surface area contributed by atoms with Gasteiger partial charge in [-0.25, -0.2) is 0 Å². The van der Waals surface area contributed by atoms with Crippen LogP contribution in [0.2, 0.25) is 0 Å². The Kier molecular flexibility index (Phi) is 3.93. The zero-order valence-corrected chi connectivity index (χ0v) is 11.7. The maximum atomic E-state index is 12.0. The van der Waals surface area contributed by atoms with Gasteiger partial charge in [-0.3, -0.25) is 9.78 Å². The van der Waals surface area contributed by atoms with Crippen LogP contribution < -0.4 is 5.32 Å². The first-order valence-electron chi connectivity index (χ1n) is 5.43. The highest BCUT2D eigenvalue weighted by Crippen LogP contribution is 2.17. The second-order valence-electron chi connectivity index (χ2n) is 3.77. The summed E-state index contributed by atoms with van der Waals surface area (Å²) in [5, 5.41) is 3.80. The molecule has 0 saturated heterocycles. The van der Waals surface area contributed by atoms with Crippen molar-refractivity contribution in [2.75, 3.05) is 11.0 Å².